The fourth-order valence-corrected chi connectivity index (χ4v) is 2.44. The molecule has 0 aliphatic carbocycles. The third-order valence-corrected chi connectivity index (χ3v) is 3.62. The second-order valence-corrected chi connectivity index (χ2v) is 5.02. The van der Waals surface area contributed by atoms with E-state index in [0.717, 1.165) is 17.1 Å². The number of hydrogen-bond acceptors (Lipinski definition) is 2. The van der Waals surface area contributed by atoms with E-state index in [2.05, 4.69) is 49.4 Å². The van der Waals surface area contributed by atoms with E-state index in [-0.39, 0.29) is 6.10 Å². The van der Waals surface area contributed by atoms with Gasteiger partial charge in [0.05, 0.1) is 7.11 Å². The van der Waals surface area contributed by atoms with Crippen LogP contribution in [0.1, 0.15) is 18.6 Å². The maximum Gasteiger partial charge on any atom is 0.162 e. The Balaban J connectivity index is 1.88. The van der Waals surface area contributed by atoms with Gasteiger partial charge in [0.15, 0.2) is 11.5 Å². The first-order valence-electron chi connectivity index (χ1n) is 7.06. The Labute approximate surface area is 124 Å². The first-order chi connectivity index (χ1) is 10.3. The fraction of sp³-hybridized carbons (Fsp3) is 0.158. The van der Waals surface area contributed by atoms with Crippen LogP contribution in [0.4, 0.5) is 0 Å². The zero-order valence-corrected chi connectivity index (χ0v) is 12.2. The molecule has 0 aliphatic heterocycles. The molecule has 106 valence electrons. The summed E-state index contributed by atoms with van der Waals surface area (Å²) in [6.07, 6.45) is -0.0362. The van der Waals surface area contributed by atoms with Crippen LogP contribution < -0.4 is 9.47 Å². The maximum atomic E-state index is 6.05. The number of fused-ring (bicyclic) bond motifs is 1. The van der Waals surface area contributed by atoms with Crippen LogP contribution >= 0.6 is 0 Å². The highest BCUT2D eigenvalue weighted by Crippen LogP contribution is 2.31. The van der Waals surface area contributed by atoms with E-state index in [9.17, 15) is 0 Å². The van der Waals surface area contributed by atoms with Crippen LogP contribution in [-0.4, -0.2) is 7.11 Å². The van der Waals surface area contributed by atoms with Gasteiger partial charge in [-0.2, -0.15) is 0 Å². The summed E-state index contributed by atoms with van der Waals surface area (Å²) in [5.74, 6) is 1.52. The summed E-state index contributed by atoms with van der Waals surface area (Å²) < 4.78 is 11.4. The first-order valence-corrected chi connectivity index (χ1v) is 7.06. The van der Waals surface area contributed by atoms with Gasteiger partial charge >= 0.3 is 0 Å². The number of ether oxygens (including phenoxy) is 2. The zero-order valence-electron chi connectivity index (χ0n) is 12.2. The molecule has 0 N–H and O–H groups in total. The van der Waals surface area contributed by atoms with Crippen LogP contribution in [0.5, 0.6) is 11.5 Å². The lowest BCUT2D eigenvalue weighted by Crippen LogP contribution is -2.04. The molecule has 0 aromatic heterocycles. The molecule has 0 fully saturated rings. The van der Waals surface area contributed by atoms with Crippen molar-refractivity contribution in [2.45, 2.75) is 13.0 Å². The van der Waals surface area contributed by atoms with E-state index < -0.39 is 0 Å². The van der Waals surface area contributed by atoms with Gasteiger partial charge in [-0.25, -0.2) is 0 Å². The summed E-state index contributed by atoms with van der Waals surface area (Å²) in [7, 11) is 1.66. The van der Waals surface area contributed by atoms with Crippen molar-refractivity contribution in [1.82, 2.24) is 0 Å². The number of para-hydroxylation sites is 2. The highest BCUT2D eigenvalue weighted by atomic mass is 16.5. The second-order valence-electron chi connectivity index (χ2n) is 5.02. The molecule has 0 saturated heterocycles. The average molecular weight is 278 g/mol. The van der Waals surface area contributed by atoms with Gasteiger partial charge in [-0.3, -0.25) is 0 Å². The molecule has 3 aromatic carbocycles. The molecule has 0 radical (unpaired) electrons. The predicted molar refractivity (Wildman–Crippen MR) is 86.0 cm³/mol. The topological polar surface area (TPSA) is 18.5 Å². The lowest BCUT2D eigenvalue weighted by atomic mass is 10.0. The zero-order chi connectivity index (χ0) is 14.7. The molecular formula is C19H18O2. The quantitative estimate of drug-likeness (QED) is 0.669. The number of benzene rings is 3. The Morgan fingerprint density at radius 1 is 0.762 bits per heavy atom. The van der Waals surface area contributed by atoms with Crippen molar-refractivity contribution in [3.05, 3.63) is 72.3 Å². The molecule has 1 atom stereocenters. The normalized spacial score (nSPS) is 12.1. The largest absolute Gasteiger partial charge is 0.493 e. The third kappa shape index (κ3) is 2.84. The molecule has 0 bridgehead atoms. The molecule has 0 aliphatic rings. The average Bonchev–Trinajstić information content (AvgIpc) is 2.55. The summed E-state index contributed by atoms with van der Waals surface area (Å²) in [6, 6.07) is 22.5. The van der Waals surface area contributed by atoms with E-state index in [0.29, 0.717) is 0 Å². The van der Waals surface area contributed by atoms with E-state index in [4.69, 9.17) is 9.47 Å². The standard InChI is InChI=1S/C19H18O2/c1-14(21-19-10-6-5-9-18(19)20-2)16-12-11-15-7-3-4-8-17(15)13-16/h3-14H,1-2H3. The number of hydrogen-bond donors (Lipinski definition) is 0. The van der Waals surface area contributed by atoms with Gasteiger partial charge in [0.1, 0.15) is 6.10 Å². The van der Waals surface area contributed by atoms with E-state index in [1.807, 2.05) is 24.3 Å². The molecule has 1 unspecified atom stereocenters. The van der Waals surface area contributed by atoms with Crippen LogP contribution in [-0.2, 0) is 0 Å². The van der Waals surface area contributed by atoms with Crippen molar-refractivity contribution in [3.63, 3.8) is 0 Å². The van der Waals surface area contributed by atoms with Crippen molar-refractivity contribution < 1.29 is 9.47 Å². The molecule has 3 aromatic rings. The predicted octanol–water partition coefficient (Wildman–Crippen LogP) is 4.99. The van der Waals surface area contributed by atoms with Gasteiger partial charge in [0, 0.05) is 0 Å². The van der Waals surface area contributed by atoms with Gasteiger partial charge in [-0.15, -0.1) is 0 Å². The lowest BCUT2D eigenvalue weighted by molar-refractivity contribution is 0.216. The highest BCUT2D eigenvalue weighted by molar-refractivity contribution is 5.83. The minimum Gasteiger partial charge on any atom is -0.493 e. The Morgan fingerprint density at radius 3 is 2.19 bits per heavy atom. The van der Waals surface area contributed by atoms with Gasteiger partial charge in [-0.1, -0.05) is 48.5 Å². The Hall–Kier alpha value is -2.48. The van der Waals surface area contributed by atoms with Crippen molar-refractivity contribution >= 4 is 10.8 Å². The van der Waals surface area contributed by atoms with Crippen LogP contribution in [0.2, 0.25) is 0 Å². The maximum absolute atomic E-state index is 6.05. The van der Waals surface area contributed by atoms with Crippen LogP contribution in [0.3, 0.4) is 0 Å². The van der Waals surface area contributed by atoms with Gasteiger partial charge < -0.3 is 9.47 Å². The van der Waals surface area contributed by atoms with Crippen molar-refractivity contribution in [2.75, 3.05) is 7.11 Å². The smallest absolute Gasteiger partial charge is 0.162 e. The van der Waals surface area contributed by atoms with Crippen LogP contribution in [0.25, 0.3) is 10.8 Å². The Bertz CT molecular complexity index is 749. The molecule has 0 saturated carbocycles. The minimum absolute atomic E-state index is 0.0362. The third-order valence-electron chi connectivity index (χ3n) is 3.62. The summed E-state index contributed by atoms with van der Waals surface area (Å²) in [6.45, 7) is 2.05. The molecular weight excluding hydrogens is 260 g/mol. The molecule has 3 rings (SSSR count). The van der Waals surface area contributed by atoms with Gasteiger partial charge in [-0.05, 0) is 41.5 Å². The first kappa shape index (κ1) is 13.5. The molecule has 2 nitrogen and oxygen atoms in total. The fourth-order valence-electron chi connectivity index (χ4n) is 2.44. The SMILES string of the molecule is COc1ccccc1OC(C)c1ccc2ccccc2c1. The number of methoxy groups -OCH3 is 1. The van der Waals surface area contributed by atoms with E-state index >= 15 is 0 Å². The van der Waals surface area contributed by atoms with Crippen molar-refractivity contribution in [1.29, 1.82) is 0 Å². The van der Waals surface area contributed by atoms with Crippen molar-refractivity contribution in [2.24, 2.45) is 0 Å². The highest BCUT2D eigenvalue weighted by Gasteiger charge is 2.11. The van der Waals surface area contributed by atoms with Gasteiger partial charge in [0.25, 0.3) is 0 Å². The summed E-state index contributed by atoms with van der Waals surface area (Å²) in [4.78, 5) is 0. The summed E-state index contributed by atoms with van der Waals surface area (Å²) in [5.41, 5.74) is 1.15. The molecule has 0 amide bonds. The molecule has 0 heterocycles. The summed E-state index contributed by atoms with van der Waals surface area (Å²) in [5, 5.41) is 2.47. The molecule has 0 spiro atoms. The van der Waals surface area contributed by atoms with E-state index in [1.54, 1.807) is 7.11 Å². The van der Waals surface area contributed by atoms with E-state index in [1.165, 1.54) is 10.8 Å². The molecule has 2 heteroatoms. The Morgan fingerprint density at radius 2 is 1.43 bits per heavy atom. The van der Waals surface area contributed by atoms with Crippen LogP contribution in [0, 0.1) is 0 Å². The minimum atomic E-state index is -0.0362. The Kier molecular flexibility index (Phi) is 3.78. The lowest BCUT2D eigenvalue weighted by Gasteiger charge is -2.17. The van der Waals surface area contributed by atoms with Gasteiger partial charge in [0.2, 0.25) is 0 Å². The van der Waals surface area contributed by atoms with Crippen molar-refractivity contribution in [3.8, 4) is 11.5 Å². The molecule has 21 heavy (non-hydrogen) atoms. The summed E-state index contributed by atoms with van der Waals surface area (Å²) >= 11 is 0. The second kappa shape index (κ2) is 5.88. The van der Waals surface area contributed by atoms with Crippen LogP contribution in [0.15, 0.2) is 66.7 Å². The monoisotopic (exact) mass is 278 g/mol. The number of rotatable bonds is 4.